The smallest absolute Gasteiger partial charge is 0.0528 e. The van der Waals surface area contributed by atoms with Crippen LogP contribution in [0.3, 0.4) is 0 Å². The van der Waals surface area contributed by atoms with Crippen LogP contribution in [0.2, 0.25) is 24.2 Å². The minimum Gasteiger partial charge on any atom is -0.324 e. The summed E-state index contributed by atoms with van der Waals surface area (Å²) in [4.78, 5) is 0. The lowest BCUT2D eigenvalue weighted by Crippen LogP contribution is -2.37. The molecular weight excluding hydrogens is 222 g/mol. The first-order valence-electron chi connectivity index (χ1n) is 6.54. The molecule has 0 fully saturated rings. The molecule has 0 bridgehead atoms. The summed E-state index contributed by atoms with van der Waals surface area (Å²) in [6, 6.07) is 12.0. The first-order chi connectivity index (χ1) is 7.74. The van der Waals surface area contributed by atoms with Gasteiger partial charge in [-0.3, -0.25) is 0 Å². The number of benzene rings is 1. The SMILES string of the molecule is CC(C)(C)[Si](C)(C)CC[C@H](N)c1ccccc1. The van der Waals surface area contributed by atoms with Crippen molar-refractivity contribution in [3.63, 3.8) is 0 Å². The lowest BCUT2D eigenvalue weighted by molar-refractivity contribution is 0.658. The third-order valence-electron chi connectivity index (χ3n) is 4.34. The average molecular weight is 249 g/mol. The standard InChI is InChI=1S/C15H27NSi/c1-15(2,3)17(4,5)12-11-14(16)13-9-7-6-8-10-13/h6-10,14H,11-12,16H2,1-5H3/t14-/m0/s1. The van der Waals surface area contributed by atoms with E-state index in [0.717, 1.165) is 6.42 Å². The van der Waals surface area contributed by atoms with Gasteiger partial charge in [-0.15, -0.1) is 0 Å². The van der Waals surface area contributed by atoms with E-state index in [-0.39, 0.29) is 6.04 Å². The van der Waals surface area contributed by atoms with Gasteiger partial charge in [0, 0.05) is 6.04 Å². The molecule has 0 unspecified atom stereocenters. The van der Waals surface area contributed by atoms with Crippen molar-refractivity contribution in [1.82, 2.24) is 0 Å². The Morgan fingerprint density at radius 3 is 2.12 bits per heavy atom. The van der Waals surface area contributed by atoms with Crippen LogP contribution in [0.25, 0.3) is 0 Å². The molecule has 2 N–H and O–H groups in total. The molecule has 0 spiro atoms. The first-order valence-corrected chi connectivity index (χ1v) is 9.75. The minimum absolute atomic E-state index is 0.199. The Balaban J connectivity index is 2.58. The van der Waals surface area contributed by atoms with E-state index in [0.29, 0.717) is 5.04 Å². The second-order valence-corrected chi connectivity index (χ2v) is 12.5. The fourth-order valence-corrected chi connectivity index (χ4v) is 3.54. The Kier molecular flexibility index (Phi) is 4.56. The van der Waals surface area contributed by atoms with Crippen molar-refractivity contribution in [3.8, 4) is 0 Å². The van der Waals surface area contributed by atoms with E-state index in [9.17, 15) is 0 Å². The van der Waals surface area contributed by atoms with Crippen LogP contribution < -0.4 is 5.73 Å². The fraction of sp³-hybridized carbons (Fsp3) is 0.600. The molecule has 0 saturated carbocycles. The van der Waals surface area contributed by atoms with Crippen LogP contribution in [0.1, 0.15) is 38.8 Å². The van der Waals surface area contributed by atoms with Gasteiger partial charge in [-0.25, -0.2) is 0 Å². The van der Waals surface area contributed by atoms with Crippen molar-refractivity contribution >= 4 is 8.07 Å². The van der Waals surface area contributed by atoms with Crippen molar-refractivity contribution in [3.05, 3.63) is 35.9 Å². The lowest BCUT2D eigenvalue weighted by atomic mass is 10.1. The highest BCUT2D eigenvalue weighted by Gasteiger charge is 2.34. The maximum absolute atomic E-state index is 6.27. The van der Waals surface area contributed by atoms with Crippen molar-refractivity contribution in [2.75, 3.05) is 0 Å². The average Bonchev–Trinajstić information content (AvgIpc) is 2.25. The Morgan fingerprint density at radius 2 is 1.65 bits per heavy atom. The summed E-state index contributed by atoms with van der Waals surface area (Å²) < 4.78 is 0. The van der Waals surface area contributed by atoms with Crippen molar-refractivity contribution in [1.29, 1.82) is 0 Å². The predicted octanol–water partition coefficient (Wildman–Crippen LogP) is 4.59. The van der Waals surface area contributed by atoms with Crippen LogP contribution in [-0.2, 0) is 0 Å². The largest absolute Gasteiger partial charge is 0.324 e. The van der Waals surface area contributed by atoms with Gasteiger partial charge in [-0.05, 0) is 17.0 Å². The van der Waals surface area contributed by atoms with Crippen molar-refractivity contribution in [2.45, 2.75) is 57.4 Å². The van der Waals surface area contributed by atoms with Gasteiger partial charge in [-0.2, -0.15) is 0 Å². The Hall–Kier alpha value is -0.603. The molecule has 0 aliphatic rings. The molecule has 0 saturated heterocycles. The molecule has 0 aromatic heterocycles. The van der Waals surface area contributed by atoms with Gasteiger partial charge in [0.15, 0.2) is 0 Å². The number of hydrogen-bond acceptors (Lipinski definition) is 1. The highest BCUT2D eigenvalue weighted by Crippen LogP contribution is 2.40. The number of nitrogens with two attached hydrogens (primary N) is 1. The van der Waals surface area contributed by atoms with Crippen molar-refractivity contribution < 1.29 is 0 Å². The van der Waals surface area contributed by atoms with Gasteiger partial charge in [0.1, 0.15) is 0 Å². The zero-order valence-corrected chi connectivity index (χ0v) is 13.0. The van der Waals surface area contributed by atoms with E-state index in [1.807, 2.05) is 6.07 Å². The topological polar surface area (TPSA) is 26.0 Å². The van der Waals surface area contributed by atoms with Crippen LogP contribution >= 0.6 is 0 Å². The van der Waals surface area contributed by atoms with Crippen molar-refractivity contribution in [2.24, 2.45) is 5.73 Å². The summed E-state index contributed by atoms with van der Waals surface area (Å²) in [5.74, 6) is 0. The molecule has 1 atom stereocenters. The Labute approximate surface area is 107 Å². The maximum Gasteiger partial charge on any atom is 0.0528 e. The highest BCUT2D eigenvalue weighted by molar-refractivity contribution is 6.80. The monoisotopic (exact) mass is 249 g/mol. The molecule has 0 aliphatic carbocycles. The molecule has 0 radical (unpaired) electrons. The Morgan fingerprint density at radius 1 is 1.12 bits per heavy atom. The summed E-state index contributed by atoms with van der Waals surface area (Å²) in [6.07, 6.45) is 1.11. The van der Waals surface area contributed by atoms with Gasteiger partial charge < -0.3 is 5.73 Å². The minimum atomic E-state index is -1.18. The Bertz CT molecular complexity index is 338. The molecule has 2 heteroatoms. The molecule has 1 rings (SSSR count). The number of rotatable bonds is 4. The van der Waals surface area contributed by atoms with Crippen LogP contribution in [-0.4, -0.2) is 8.07 Å². The zero-order valence-electron chi connectivity index (χ0n) is 12.0. The van der Waals surface area contributed by atoms with Gasteiger partial charge in [0.05, 0.1) is 8.07 Å². The molecule has 1 nitrogen and oxygen atoms in total. The second-order valence-electron chi connectivity index (χ2n) is 6.69. The van der Waals surface area contributed by atoms with Crippen LogP contribution in [0.5, 0.6) is 0 Å². The lowest BCUT2D eigenvalue weighted by Gasteiger charge is -2.37. The molecule has 1 aromatic rings. The molecule has 0 aliphatic heterocycles. The van der Waals surface area contributed by atoms with E-state index < -0.39 is 8.07 Å². The van der Waals surface area contributed by atoms with E-state index in [2.05, 4.69) is 58.1 Å². The normalized spacial score (nSPS) is 14.7. The third kappa shape index (κ3) is 3.97. The zero-order chi connectivity index (χ0) is 13.1. The molecular formula is C15H27NSi. The summed E-state index contributed by atoms with van der Waals surface area (Å²) in [5.41, 5.74) is 7.54. The van der Waals surface area contributed by atoms with Crippen LogP contribution in [0, 0.1) is 0 Å². The quantitative estimate of drug-likeness (QED) is 0.776. The molecule has 96 valence electrons. The van der Waals surface area contributed by atoms with Gasteiger partial charge >= 0.3 is 0 Å². The summed E-state index contributed by atoms with van der Waals surface area (Å²) in [7, 11) is -1.18. The summed E-state index contributed by atoms with van der Waals surface area (Å²) in [5, 5.41) is 0.462. The molecule has 1 aromatic carbocycles. The van der Waals surface area contributed by atoms with E-state index in [1.165, 1.54) is 11.6 Å². The van der Waals surface area contributed by atoms with Crippen LogP contribution in [0.4, 0.5) is 0 Å². The van der Waals surface area contributed by atoms with E-state index in [4.69, 9.17) is 5.73 Å². The van der Waals surface area contributed by atoms with Crippen LogP contribution in [0.15, 0.2) is 30.3 Å². The summed E-state index contributed by atoms with van der Waals surface area (Å²) >= 11 is 0. The second kappa shape index (κ2) is 5.36. The third-order valence-corrected chi connectivity index (χ3v) is 9.94. The first kappa shape index (κ1) is 14.5. The van der Waals surface area contributed by atoms with Gasteiger partial charge in [-0.1, -0.05) is 70.2 Å². The fourth-order valence-electron chi connectivity index (χ4n) is 1.76. The van der Waals surface area contributed by atoms with Gasteiger partial charge in [0.25, 0.3) is 0 Å². The van der Waals surface area contributed by atoms with E-state index in [1.54, 1.807) is 0 Å². The maximum atomic E-state index is 6.27. The van der Waals surface area contributed by atoms with E-state index >= 15 is 0 Å². The number of hydrogen-bond donors (Lipinski definition) is 1. The summed E-state index contributed by atoms with van der Waals surface area (Å²) in [6.45, 7) is 12.1. The molecule has 0 heterocycles. The predicted molar refractivity (Wildman–Crippen MR) is 80.0 cm³/mol. The highest BCUT2D eigenvalue weighted by atomic mass is 28.3. The van der Waals surface area contributed by atoms with Gasteiger partial charge in [0.2, 0.25) is 0 Å². The molecule has 17 heavy (non-hydrogen) atoms. The molecule has 0 amide bonds.